The Hall–Kier alpha value is -3.48. The molecule has 1 aliphatic heterocycles. The van der Waals surface area contributed by atoms with Crippen molar-refractivity contribution in [2.75, 3.05) is 12.1 Å². The molecule has 0 saturated heterocycles. The van der Waals surface area contributed by atoms with Crippen LogP contribution >= 0.6 is 0 Å². The monoisotopic (exact) mass is 393 g/mol. The third-order valence-corrected chi connectivity index (χ3v) is 4.66. The zero-order valence-corrected chi connectivity index (χ0v) is 16.8. The summed E-state index contributed by atoms with van der Waals surface area (Å²) in [5, 5.41) is 15.3. The molecule has 1 heterocycles. The summed E-state index contributed by atoms with van der Waals surface area (Å²) in [6, 6.07) is 12.0. The Morgan fingerprint density at radius 2 is 1.93 bits per heavy atom. The number of carboxylic acids is 1. The molecule has 0 fully saturated rings. The lowest BCUT2D eigenvalue weighted by Crippen LogP contribution is -2.29. The van der Waals surface area contributed by atoms with Crippen molar-refractivity contribution < 1.29 is 19.4 Å². The molecule has 7 nitrogen and oxygen atoms in total. The number of hydrogen-bond donors (Lipinski definition) is 1. The Bertz CT molecular complexity index is 994. The number of hydrogen-bond acceptors (Lipinski definition) is 5. The largest absolute Gasteiger partial charge is 0.497 e. The van der Waals surface area contributed by atoms with E-state index in [1.807, 2.05) is 20.8 Å². The molecule has 1 atom stereocenters. The van der Waals surface area contributed by atoms with Crippen molar-refractivity contribution in [2.24, 2.45) is 21.9 Å². The van der Waals surface area contributed by atoms with Gasteiger partial charge in [-0.2, -0.15) is 10.1 Å². The molecule has 3 rings (SSSR count). The van der Waals surface area contributed by atoms with Gasteiger partial charge in [0.05, 0.1) is 29.8 Å². The van der Waals surface area contributed by atoms with E-state index >= 15 is 0 Å². The molecular weight excluding hydrogens is 370 g/mol. The van der Waals surface area contributed by atoms with Crippen LogP contribution in [0, 0.1) is 18.8 Å². The summed E-state index contributed by atoms with van der Waals surface area (Å²) in [4.78, 5) is 28.9. The second kappa shape index (κ2) is 8.26. The molecule has 0 aromatic heterocycles. The quantitative estimate of drug-likeness (QED) is 0.749. The van der Waals surface area contributed by atoms with Crippen LogP contribution < -0.4 is 9.75 Å². The number of hydrazone groups is 1. The first kappa shape index (κ1) is 20.3. The van der Waals surface area contributed by atoms with E-state index in [2.05, 4.69) is 10.1 Å². The average Bonchev–Trinajstić information content (AvgIpc) is 3.03. The Labute approximate surface area is 169 Å². The highest BCUT2D eigenvalue weighted by atomic mass is 16.5. The molecule has 1 amide bonds. The fourth-order valence-corrected chi connectivity index (χ4v) is 3.10. The van der Waals surface area contributed by atoms with Crippen LogP contribution in [0.3, 0.4) is 0 Å². The summed E-state index contributed by atoms with van der Waals surface area (Å²) in [6.07, 6.45) is 1.49. The SMILES string of the molecule is COc1ccc(N2N=C(C(C)C)C(C=Nc3ccc(C)cc3C(=O)O)C2=O)cc1. The van der Waals surface area contributed by atoms with Crippen molar-refractivity contribution in [1.82, 2.24) is 0 Å². The third-order valence-electron chi connectivity index (χ3n) is 4.66. The highest BCUT2D eigenvalue weighted by molar-refractivity contribution is 6.24. The van der Waals surface area contributed by atoms with Crippen LogP contribution in [-0.2, 0) is 4.79 Å². The van der Waals surface area contributed by atoms with Crippen molar-refractivity contribution in [3.05, 3.63) is 53.6 Å². The van der Waals surface area contributed by atoms with Crippen molar-refractivity contribution in [2.45, 2.75) is 20.8 Å². The first-order valence-electron chi connectivity index (χ1n) is 9.26. The maximum atomic E-state index is 13.0. The number of aromatic carboxylic acids is 1. The van der Waals surface area contributed by atoms with Gasteiger partial charge in [0, 0.05) is 6.21 Å². The van der Waals surface area contributed by atoms with E-state index in [0.717, 1.165) is 5.56 Å². The molecule has 1 aliphatic rings. The maximum Gasteiger partial charge on any atom is 0.337 e. The molecular formula is C22H23N3O4. The summed E-state index contributed by atoms with van der Waals surface area (Å²) < 4.78 is 5.16. The van der Waals surface area contributed by atoms with Gasteiger partial charge in [-0.15, -0.1) is 0 Å². The second-order valence-electron chi connectivity index (χ2n) is 7.11. The van der Waals surface area contributed by atoms with E-state index in [1.165, 1.54) is 11.2 Å². The lowest BCUT2D eigenvalue weighted by Gasteiger charge is -2.13. The number of methoxy groups -OCH3 is 1. The van der Waals surface area contributed by atoms with Crippen LogP contribution in [0.25, 0.3) is 0 Å². The van der Waals surface area contributed by atoms with Gasteiger partial charge in [-0.25, -0.2) is 4.79 Å². The number of carbonyl (C=O) groups excluding carboxylic acids is 1. The summed E-state index contributed by atoms with van der Waals surface area (Å²) in [6.45, 7) is 5.73. The molecule has 2 aromatic rings. The van der Waals surface area contributed by atoms with Gasteiger partial charge in [0.25, 0.3) is 5.91 Å². The predicted octanol–water partition coefficient (Wildman–Crippen LogP) is 4.08. The van der Waals surface area contributed by atoms with Crippen LogP contribution in [-0.4, -0.2) is 36.0 Å². The topological polar surface area (TPSA) is 91.6 Å². The lowest BCUT2D eigenvalue weighted by molar-refractivity contribution is -0.118. The van der Waals surface area contributed by atoms with E-state index in [1.54, 1.807) is 49.6 Å². The minimum Gasteiger partial charge on any atom is -0.497 e. The normalized spacial score (nSPS) is 16.6. The number of carbonyl (C=O) groups is 2. The number of ether oxygens (including phenoxy) is 1. The van der Waals surface area contributed by atoms with E-state index in [4.69, 9.17) is 4.74 Å². The van der Waals surface area contributed by atoms with E-state index < -0.39 is 11.9 Å². The first-order valence-corrected chi connectivity index (χ1v) is 9.26. The fourth-order valence-electron chi connectivity index (χ4n) is 3.10. The first-order chi connectivity index (χ1) is 13.8. The molecule has 0 bridgehead atoms. The lowest BCUT2D eigenvalue weighted by atomic mass is 9.95. The van der Waals surface area contributed by atoms with Crippen molar-refractivity contribution >= 4 is 35.2 Å². The van der Waals surface area contributed by atoms with E-state index in [-0.39, 0.29) is 17.4 Å². The highest BCUT2D eigenvalue weighted by Gasteiger charge is 2.36. The number of nitrogens with zero attached hydrogens (tertiary/aromatic N) is 3. The molecule has 0 aliphatic carbocycles. The number of aryl methyl sites for hydroxylation is 1. The number of amides is 1. The molecule has 0 radical (unpaired) electrons. The van der Waals surface area contributed by atoms with Crippen molar-refractivity contribution in [3.8, 4) is 5.75 Å². The van der Waals surface area contributed by atoms with Gasteiger partial charge in [-0.05, 0) is 49.2 Å². The number of anilines is 1. The van der Waals surface area contributed by atoms with Crippen molar-refractivity contribution in [3.63, 3.8) is 0 Å². The minimum absolute atomic E-state index is 0.0237. The number of carboxylic acid groups (broad SMARTS) is 1. The Morgan fingerprint density at radius 1 is 1.24 bits per heavy atom. The highest BCUT2D eigenvalue weighted by Crippen LogP contribution is 2.28. The standard InChI is InChI=1S/C22H23N3O4/c1-13(2)20-18(12-23-19-10-5-14(3)11-17(19)22(27)28)21(26)25(24-20)15-6-8-16(29-4)9-7-15/h5-13,18H,1-4H3,(H,27,28). The fraction of sp³-hybridized carbons (Fsp3) is 0.273. The zero-order valence-electron chi connectivity index (χ0n) is 16.8. The van der Waals surface area contributed by atoms with Crippen LogP contribution in [0.1, 0.15) is 29.8 Å². The summed E-state index contributed by atoms with van der Waals surface area (Å²) in [5.41, 5.74) is 2.54. The van der Waals surface area contributed by atoms with Crippen LogP contribution in [0.5, 0.6) is 5.75 Å². The average molecular weight is 393 g/mol. The smallest absolute Gasteiger partial charge is 0.337 e. The predicted molar refractivity (Wildman–Crippen MR) is 113 cm³/mol. The number of benzene rings is 2. The van der Waals surface area contributed by atoms with Crippen LogP contribution in [0.4, 0.5) is 11.4 Å². The van der Waals surface area contributed by atoms with Gasteiger partial charge in [-0.1, -0.05) is 25.5 Å². The summed E-state index contributed by atoms with van der Waals surface area (Å²) in [7, 11) is 1.58. The minimum atomic E-state index is -1.06. The summed E-state index contributed by atoms with van der Waals surface area (Å²) >= 11 is 0. The molecule has 0 saturated carbocycles. The van der Waals surface area contributed by atoms with Crippen LogP contribution in [0.2, 0.25) is 0 Å². The van der Waals surface area contributed by atoms with Gasteiger partial charge >= 0.3 is 5.97 Å². The molecule has 29 heavy (non-hydrogen) atoms. The van der Waals surface area contributed by atoms with Crippen LogP contribution in [0.15, 0.2) is 52.6 Å². The molecule has 1 unspecified atom stereocenters. The zero-order chi connectivity index (χ0) is 21.1. The van der Waals surface area contributed by atoms with E-state index in [9.17, 15) is 14.7 Å². The van der Waals surface area contributed by atoms with Gasteiger partial charge in [0.2, 0.25) is 0 Å². The van der Waals surface area contributed by atoms with Gasteiger partial charge in [0.15, 0.2) is 0 Å². The molecule has 150 valence electrons. The van der Waals surface area contributed by atoms with E-state index in [0.29, 0.717) is 22.8 Å². The Balaban J connectivity index is 1.93. The van der Waals surface area contributed by atoms with Crippen molar-refractivity contribution in [1.29, 1.82) is 0 Å². The number of aliphatic imine (C=N–C) groups is 1. The Kier molecular flexibility index (Phi) is 5.77. The van der Waals surface area contributed by atoms with Gasteiger partial charge in [0.1, 0.15) is 11.7 Å². The molecule has 0 spiro atoms. The second-order valence-corrected chi connectivity index (χ2v) is 7.11. The Morgan fingerprint density at radius 3 is 2.52 bits per heavy atom. The maximum absolute atomic E-state index is 13.0. The molecule has 1 N–H and O–H groups in total. The van der Waals surface area contributed by atoms with Gasteiger partial charge in [-0.3, -0.25) is 9.79 Å². The molecule has 2 aromatic carbocycles. The number of rotatable bonds is 6. The summed E-state index contributed by atoms with van der Waals surface area (Å²) in [5.74, 6) is -1.23. The third kappa shape index (κ3) is 4.18. The molecule has 7 heteroatoms. The van der Waals surface area contributed by atoms with Gasteiger partial charge < -0.3 is 9.84 Å².